The topological polar surface area (TPSA) is 12.4 Å². The first kappa shape index (κ1) is 6.38. The van der Waals surface area contributed by atoms with E-state index in [0.717, 1.165) is 12.3 Å². The zero-order chi connectivity index (χ0) is 6.81. The van der Waals surface area contributed by atoms with Crippen LogP contribution >= 0.6 is 0 Å². The molecular formula is C9H14N. The van der Waals surface area contributed by atoms with Gasteiger partial charge in [0.15, 0.2) is 0 Å². The summed E-state index contributed by atoms with van der Waals surface area (Å²) >= 11 is 0. The van der Waals surface area contributed by atoms with Gasteiger partial charge in [-0.2, -0.15) is 0 Å². The highest BCUT2D eigenvalue weighted by atomic mass is 14.8. The van der Waals surface area contributed by atoms with Gasteiger partial charge in [-0.25, -0.2) is 0 Å². The van der Waals surface area contributed by atoms with Crippen LogP contribution in [0, 0.1) is 5.92 Å². The summed E-state index contributed by atoms with van der Waals surface area (Å²) in [7, 11) is 0. The van der Waals surface area contributed by atoms with Crippen molar-refractivity contribution in [3.63, 3.8) is 0 Å². The second-order valence-corrected chi connectivity index (χ2v) is 3.44. The first-order valence-electron chi connectivity index (χ1n) is 4.39. The second-order valence-electron chi connectivity index (χ2n) is 3.44. The van der Waals surface area contributed by atoms with Crippen molar-refractivity contribution in [1.29, 1.82) is 0 Å². The van der Waals surface area contributed by atoms with Crippen molar-refractivity contribution in [1.82, 2.24) is 0 Å². The van der Waals surface area contributed by atoms with Crippen molar-refractivity contribution in [3.8, 4) is 0 Å². The van der Waals surface area contributed by atoms with Crippen LogP contribution in [0.3, 0.4) is 0 Å². The molecule has 0 N–H and O–H groups in total. The zero-order valence-corrected chi connectivity index (χ0v) is 6.34. The van der Waals surface area contributed by atoms with E-state index in [4.69, 9.17) is 0 Å². The number of hydrogen-bond acceptors (Lipinski definition) is 1. The Morgan fingerprint density at radius 2 is 1.90 bits per heavy atom. The maximum atomic E-state index is 4.37. The molecule has 1 unspecified atom stereocenters. The predicted octanol–water partition coefficient (Wildman–Crippen LogP) is 2.29. The Bertz CT molecular complexity index is 134. The minimum atomic E-state index is 0.669. The van der Waals surface area contributed by atoms with Crippen LogP contribution in [0.4, 0.5) is 0 Å². The summed E-state index contributed by atoms with van der Waals surface area (Å²) in [6.45, 7) is 0. The summed E-state index contributed by atoms with van der Waals surface area (Å²) in [5.41, 5.74) is 0. The smallest absolute Gasteiger partial charge is 0.0562 e. The van der Waals surface area contributed by atoms with Gasteiger partial charge in [0.05, 0.1) is 12.3 Å². The van der Waals surface area contributed by atoms with Crippen molar-refractivity contribution in [3.05, 3.63) is 0 Å². The molecule has 1 heteroatoms. The van der Waals surface area contributed by atoms with Gasteiger partial charge in [-0.1, -0.05) is 12.8 Å². The third kappa shape index (κ3) is 1.09. The summed E-state index contributed by atoms with van der Waals surface area (Å²) < 4.78 is 0. The standard InChI is InChI=1S/C9H14N/c1-2-5-8(4-1)9-6-3-7-10-9/h8-9H,1-6H2. The van der Waals surface area contributed by atoms with Crippen LogP contribution in [-0.2, 0) is 0 Å². The molecule has 1 nitrogen and oxygen atoms in total. The van der Waals surface area contributed by atoms with Crippen LogP contribution in [0.25, 0.3) is 0 Å². The van der Waals surface area contributed by atoms with Crippen LogP contribution in [0.5, 0.6) is 0 Å². The highest BCUT2D eigenvalue weighted by Crippen LogP contribution is 2.32. The van der Waals surface area contributed by atoms with E-state index in [2.05, 4.69) is 11.2 Å². The molecule has 0 bridgehead atoms. The highest BCUT2D eigenvalue weighted by molar-refractivity contribution is 5.59. The lowest BCUT2D eigenvalue weighted by molar-refractivity contribution is 0.433. The fraction of sp³-hybridized carbons (Fsp3) is 0.889. The number of rotatable bonds is 1. The average molecular weight is 136 g/mol. The molecule has 1 saturated carbocycles. The summed E-state index contributed by atoms with van der Waals surface area (Å²) in [5.74, 6) is 0.926. The number of nitrogens with zero attached hydrogens (tertiary/aromatic N) is 1. The van der Waals surface area contributed by atoms with Crippen LogP contribution in [0.15, 0.2) is 4.99 Å². The maximum absolute atomic E-state index is 4.37. The van der Waals surface area contributed by atoms with E-state index < -0.39 is 0 Å². The molecule has 1 aliphatic carbocycles. The minimum absolute atomic E-state index is 0.669. The monoisotopic (exact) mass is 136 g/mol. The SMILES string of the molecule is [C]1=NC(C2CCCC2)CC1. The summed E-state index contributed by atoms with van der Waals surface area (Å²) in [6, 6.07) is 0.669. The van der Waals surface area contributed by atoms with E-state index >= 15 is 0 Å². The van der Waals surface area contributed by atoms with Gasteiger partial charge >= 0.3 is 0 Å². The fourth-order valence-electron chi connectivity index (χ4n) is 2.14. The van der Waals surface area contributed by atoms with Gasteiger partial charge in [0.1, 0.15) is 0 Å². The number of aliphatic imine (C=N–C) groups is 1. The van der Waals surface area contributed by atoms with Gasteiger partial charge in [0, 0.05) is 0 Å². The van der Waals surface area contributed by atoms with E-state index in [1.807, 2.05) is 0 Å². The van der Waals surface area contributed by atoms with Crippen molar-refractivity contribution in [2.75, 3.05) is 0 Å². The fourth-order valence-corrected chi connectivity index (χ4v) is 2.14. The largest absolute Gasteiger partial charge is 0.284 e. The molecule has 2 rings (SSSR count). The van der Waals surface area contributed by atoms with E-state index in [0.29, 0.717) is 6.04 Å². The van der Waals surface area contributed by atoms with E-state index in [1.54, 1.807) is 0 Å². The van der Waals surface area contributed by atoms with Gasteiger partial charge in [0.25, 0.3) is 0 Å². The molecule has 0 amide bonds. The average Bonchev–Trinajstić information content (AvgIpc) is 2.59. The Hall–Kier alpha value is -0.330. The lowest BCUT2D eigenvalue weighted by Gasteiger charge is -2.13. The second kappa shape index (κ2) is 2.73. The quantitative estimate of drug-likeness (QED) is 0.524. The highest BCUT2D eigenvalue weighted by Gasteiger charge is 2.25. The third-order valence-electron chi connectivity index (χ3n) is 2.75. The number of hydrogen-bond donors (Lipinski definition) is 0. The summed E-state index contributed by atoms with van der Waals surface area (Å²) in [5, 5.41) is 0. The van der Waals surface area contributed by atoms with Gasteiger partial charge in [-0.3, -0.25) is 4.99 Å². The first-order chi connectivity index (χ1) is 4.97. The molecule has 55 valence electrons. The molecule has 0 aromatic heterocycles. The molecule has 1 radical (unpaired) electrons. The van der Waals surface area contributed by atoms with Crippen LogP contribution in [0.1, 0.15) is 38.5 Å². The Kier molecular flexibility index (Phi) is 1.74. The zero-order valence-electron chi connectivity index (χ0n) is 6.34. The molecule has 1 atom stereocenters. The molecule has 0 aromatic carbocycles. The molecule has 2 aliphatic rings. The molecule has 0 spiro atoms. The summed E-state index contributed by atoms with van der Waals surface area (Å²) in [6.07, 6.45) is 11.2. The third-order valence-corrected chi connectivity index (χ3v) is 2.75. The van der Waals surface area contributed by atoms with Gasteiger partial charge in [0.2, 0.25) is 0 Å². The lowest BCUT2D eigenvalue weighted by atomic mass is 9.97. The van der Waals surface area contributed by atoms with E-state index in [-0.39, 0.29) is 0 Å². The lowest BCUT2D eigenvalue weighted by Crippen LogP contribution is -2.11. The van der Waals surface area contributed by atoms with Crippen molar-refractivity contribution in [2.24, 2.45) is 10.9 Å². The summed E-state index contributed by atoms with van der Waals surface area (Å²) in [4.78, 5) is 4.37. The van der Waals surface area contributed by atoms with Crippen LogP contribution < -0.4 is 0 Å². The normalized spacial score (nSPS) is 33.8. The van der Waals surface area contributed by atoms with Crippen molar-refractivity contribution >= 4 is 6.21 Å². The molecule has 1 fully saturated rings. The molecule has 0 saturated heterocycles. The van der Waals surface area contributed by atoms with Gasteiger partial charge in [-0.05, 0) is 31.6 Å². The first-order valence-corrected chi connectivity index (χ1v) is 4.39. The molecule has 1 aliphatic heterocycles. The molecular weight excluding hydrogens is 122 g/mol. The van der Waals surface area contributed by atoms with Crippen LogP contribution in [-0.4, -0.2) is 12.3 Å². The molecule has 1 heterocycles. The maximum Gasteiger partial charge on any atom is 0.0562 e. The molecule has 10 heavy (non-hydrogen) atoms. The van der Waals surface area contributed by atoms with Gasteiger partial charge in [-0.15, -0.1) is 0 Å². The predicted molar refractivity (Wildman–Crippen MR) is 42.4 cm³/mol. The Labute approximate surface area is 62.5 Å². The molecule has 0 aromatic rings. The van der Waals surface area contributed by atoms with E-state index in [1.165, 1.54) is 32.1 Å². The van der Waals surface area contributed by atoms with Gasteiger partial charge < -0.3 is 0 Å². The Morgan fingerprint density at radius 1 is 1.10 bits per heavy atom. The van der Waals surface area contributed by atoms with E-state index in [9.17, 15) is 0 Å². The van der Waals surface area contributed by atoms with Crippen molar-refractivity contribution in [2.45, 2.75) is 44.6 Å². The van der Waals surface area contributed by atoms with Crippen LogP contribution in [0.2, 0.25) is 0 Å². The minimum Gasteiger partial charge on any atom is -0.284 e. The van der Waals surface area contributed by atoms with Crippen molar-refractivity contribution < 1.29 is 0 Å². The Morgan fingerprint density at radius 3 is 2.50 bits per heavy atom. The Balaban J connectivity index is 1.91.